The van der Waals surface area contributed by atoms with Crippen LogP contribution in [0.25, 0.3) is 11.0 Å². The number of hydrogen-bond donors (Lipinski definition) is 2. The average Bonchev–Trinajstić information content (AvgIpc) is 2.60. The van der Waals surface area contributed by atoms with Crippen molar-refractivity contribution in [2.24, 2.45) is 0 Å². The highest BCUT2D eigenvalue weighted by molar-refractivity contribution is 7.98. The molecule has 1 aromatic carbocycles. The number of anilines is 1. The molecule has 7 heteroatoms. The SMILES string of the molecule is CSc1nc2c(N)c(C(F)(F)F)ccc2[nH]1. The van der Waals surface area contributed by atoms with Crippen molar-refractivity contribution in [1.82, 2.24) is 9.97 Å². The Balaban J connectivity index is 2.69. The number of H-pyrrole nitrogens is 1. The lowest BCUT2D eigenvalue weighted by molar-refractivity contribution is -0.136. The third kappa shape index (κ3) is 1.71. The van der Waals surface area contributed by atoms with Crippen molar-refractivity contribution in [2.45, 2.75) is 11.3 Å². The third-order valence-corrected chi connectivity index (χ3v) is 2.75. The number of nitrogens with two attached hydrogens (primary N) is 1. The number of imidazole rings is 1. The molecule has 2 aromatic rings. The summed E-state index contributed by atoms with van der Waals surface area (Å²) in [5.74, 6) is 0. The summed E-state index contributed by atoms with van der Waals surface area (Å²) in [6.45, 7) is 0. The number of halogens is 3. The van der Waals surface area contributed by atoms with Gasteiger partial charge < -0.3 is 10.7 Å². The van der Waals surface area contributed by atoms with Gasteiger partial charge in [-0.2, -0.15) is 13.2 Å². The minimum atomic E-state index is -4.45. The van der Waals surface area contributed by atoms with Crippen molar-refractivity contribution in [3.8, 4) is 0 Å². The van der Waals surface area contributed by atoms with Crippen molar-refractivity contribution >= 4 is 28.5 Å². The lowest BCUT2D eigenvalue weighted by atomic mass is 10.1. The molecule has 0 saturated carbocycles. The molecule has 0 radical (unpaired) electrons. The first-order chi connectivity index (χ1) is 7.43. The van der Waals surface area contributed by atoms with Gasteiger partial charge in [0.05, 0.1) is 16.8 Å². The fourth-order valence-corrected chi connectivity index (χ4v) is 1.81. The fraction of sp³-hybridized carbons (Fsp3) is 0.222. The van der Waals surface area contributed by atoms with E-state index in [4.69, 9.17) is 5.73 Å². The standard InChI is InChI=1S/C9H8F3N3S/c1-16-8-14-5-3-2-4(9(10,11)12)6(13)7(5)15-8/h2-3H,13H2,1H3,(H,14,15). The quantitative estimate of drug-likeness (QED) is 0.601. The number of nitrogen functional groups attached to an aromatic ring is 1. The summed E-state index contributed by atoms with van der Waals surface area (Å²) in [6, 6.07) is 2.29. The van der Waals surface area contributed by atoms with Gasteiger partial charge in [-0.25, -0.2) is 4.98 Å². The molecule has 0 spiro atoms. The van der Waals surface area contributed by atoms with Crippen LogP contribution < -0.4 is 5.73 Å². The van der Waals surface area contributed by atoms with Gasteiger partial charge in [-0.15, -0.1) is 0 Å². The first-order valence-corrected chi connectivity index (χ1v) is 5.55. The second kappa shape index (κ2) is 3.58. The summed E-state index contributed by atoms with van der Waals surface area (Å²) in [5, 5.41) is 0.543. The van der Waals surface area contributed by atoms with E-state index in [1.807, 2.05) is 0 Å². The van der Waals surface area contributed by atoms with Crippen molar-refractivity contribution < 1.29 is 13.2 Å². The van der Waals surface area contributed by atoms with E-state index in [0.717, 1.165) is 6.07 Å². The molecule has 0 saturated heterocycles. The Hall–Kier alpha value is -1.37. The van der Waals surface area contributed by atoms with Crippen molar-refractivity contribution in [3.05, 3.63) is 17.7 Å². The summed E-state index contributed by atoms with van der Waals surface area (Å²) in [4.78, 5) is 6.86. The Morgan fingerprint density at radius 1 is 1.38 bits per heavy atom. The molecule has 0 atom stereocenters. The van der Waals surface area contributed by atoms with E-state index in [-0.39, 0.29) is 11.2 Å². The Labute approximate surface area is 93.2 Å². The maximum atomic E-state index is 12.5. The molecule has 0 amide bonds. The van der Waals surface area contributed by atoms with Gasteiger partial charge in [0.25, 0.3) is 0 Å². The number of nitrogens with zero attached hydrogens (tertiary/aromatic N) is 1. The van der Waals surface area contributed by atoms with E-state index < -0.39 is 11.7 Å². The predicted octanol–water partition coefficient (Wildman–Crippen LogP) is 2.89. The zero-order valence-corrected chi connectivity index (χ0v) is 9.04. The molecule has 0 fully saturated rings. The van der Waals surface area contributed by atoms with Crippen LogP contribution in [0.1, 0.15) is 5.56 Å². The van der Waals surface area contributed by atoms with E-state index in [2.05, 4.69) is 9.97 Å². The van der Waals surface area contributed by atoms with E-state index in [0.29, 0.717) is 10.7 Å². The van der Waals surface area contributed by atoms with Crippen LogP contribution in [0.4, 0.5) is 18.9 Å². The second-order valence-corrected chi connectivity index (χ2v) is 3.96. The maximum absolute atomic E-state index is 12.5. The average molecular weight is 247 g/mol. The van der Waals surface area contributed by atoms with Gasteiger partial charge in [0.2, 0.25) is 0 Å². The van der Waals surface area contributed by atoms with Crippen LogP contribution in [0.5, 0.6) is 0 Å². The number of aromatic amines is 1. The first kappa shape index (κ1) is 11.1. The Kier molecular flexibility index (Phi) is 2.49. The van der Waals surface area contributed by atoms with Crippen LogP contribution >= 0.6 is 11.8 Å². The molecule has 3 N–H and O–H groups in total. The topological polar surface area (TPSA) is 54.7 Å². The molecule has 0 aliphatic rings. The minimum Gasteiger partial charge on any atom is -0.396 e. The van der Waals surface area contributed by atoms with Crippen LogP contribution in [0.15, 0.2) is 17.3 Å². The van der Waals surface area contributed by atoms with E-state index >= 15 is 0 Å². The molecule has 0 bridgehead atoms. The van der Waals surface area contributed by atoms with E-state index in [1.165, 1.54) is 17.8 Å². The molecule has 2 rings (SSSR count). The molecular formula is C9H8F3N3S. The van der Waals surface area contributed by atoms with Crippen LogP contribution in [-0.4, -0.2) is 16.2 Å². The number of nitrogens with one attached hydrogen (secondary N) is 1. The first-order valence-electron chi connectivity index (χ1n) is 4.33. The summed E-state index contributed by atoms with van der Waals surface area (Å²) in [5.41, 5.74) is 4.96. The van der Waals surface area contributed by atoms with Gasteiger partial charge in [-0.1, -0.05) is 11.8 Å². The fourth-order valence-electron chi connectivity index (χ4n) is 1.42. The largest absolute Gasteiger partial charge is 0.418 e. The van der Waals surface area contributed by atoms with Crippen LogP contribution in [0, 0.1) is 0 Å². The molecule has 16 heavy (non-hydrogen) atoms. The maximum Gasteiger partial charge on any atom is 0.418 e. The van der Waals surface area contributed by atoms with Crippen molar-refractivity contribution in [1.29, 1.82) is 0 Å². The van der Waals surface area contributed by atoms with Crippen molar-refractivity contribution in [3.63, 3.8) is 0 Å². The van der Waals surface area contributed by atoms with Crippen LogP contribution in [-0.2, 0) is 6.18 Å². The number of aromatic nitrogens is 2. The molecule has 86 valence electrons. The minimum absolute atomic E-state index is 0.166. The molecule has 1 heterocycles. The molecule has 0 aliphatic carbocycles. The van der Waals surface area contributed by atoms with Crippen LogP contribution in [0.3, 0.4) is 0 Å². The number of fused-ring (bicyclic) bond motifs is 1. The Morgan fingerprint density at radius 2 is 2.06 bits per heavy atom. The van der Waals surface area contributed by atoms with Gasteiger partial charge >= 0.3 is 6.18 Å². The number of rotatable bonds is 1. The highest BCUT2D eigenvalue weighted by Gasteiger charge is 2.34. The summed E-state index contributed by atoms with van der Waals surface area (Å²) < 4.78 is 37.6. The van der Waals surface area contributed by atoms with Gasteiger partial charge in [-0.05, 0) is 18.4 Å². The van der Waals surface area contributed by atoms with E-state index in [1.54, 1.807) is 6.26 Å². The van der Waals surface area contributed by atoms with Crippen LogP contribution in [0.2, 0.25) is 0 Å². The van der Waals surface area contributed by atoms with Gasteiger partial charge in [0.1, 0.15) is 5.52 Å². The summed E-state index contributed by atoms with van der Waals surface area (Å²) in [6.07, 6.45) is -2.67. The highest BCUT2D eigenvalue weighted by atomic mass is 32.2. The smallest absolute Gasteiger partial charge is 0.396 e. The lowest BCUT2D eigenvalue weighted by Crippen LogP contribution is -2.08. The number of benzene rings is 1. The number of alkyl halides is 3. The summed E-state index contributed by atoms with van der Waals surface area (Å²) >= 11 is 1.31. The van der Waals surface area contributed by atoms with Gasteiger partial charge in [0, 0.05) is 0 Å². The zero-order valence-electron chi connectivity index (χ0n) is 8.22. The second-order valence-electron chi connectivity index (χ2n) is 3.17. The molecule has 0 aliphatic heterocycles. The predicted molar refractivity (Wildman–Crippen MR) is 57.3 cm³/mol. The number of thioether (sulfide) groups is 1. The molecule has 0 unspecified atom stereocenters. The van der Waals surface area contributed by atoms with Gasteiger partial charge in [-0.3, -0.25) is 0 Å². The molecular weight excluding hydrogens is 239 g/mol. The number of hydrogen-bond acceptors (Lipinski definition) is 3. The lowest BCUT2D eigenvalue weighted by Gasteiger charge is -2.09. The van der Waals surface area contributed by atoms with Gasteiger partial charge in [0.15, 0.2) is 5.16 Å². The highest BCUT2D eigenvalue weighted by Crippen LogP contribution is 2.36. The Morgan fingerprint density at radius 3 is 2.62 bits per heavy atom. The monoisotopic (exact) mass is 247 g/mol. The summed E-state index contributed by atoms with van der Waals surface area (Å²) in [7, 11) is 0. The zero-order chi connectivity index (χ0) is 11.9. The normalized spacial score (nSPS) is 12.2. The molecule has 3 nitrogen and oxygen atoms in total. The molecule has 1 aromatic heterocycles. The third-order valence-electron chi connectivity index (χ3n) is 2.17. The Bertz CT molecular complexity index is 533. The van der Waals surface area contributed by atoms with E-state index in [9.17, 15) is 13.2 Å². The van der Waals surface area contributed by atoms with Crippen molar-refractivity contribution in [2.75, 3.05) is 12.0 Å².